The maximum Gasteiger partial charge on any atom is 0.254 e. The Kier molecular flexibility index (Phi) is 5.32. The van der Waals surface area contributed by atoms with Crippen molar-refractivity contribution in [3.63, 3.8) is 0 Å². The van der Waals surface area contributed by atoms with Gasteiger partial charge in [0.05, 0.1) is 24.3 Å². The first kappa shape index (κ1) is 17.1. The van der Waals surface area contributed by atoms with Gasteiger partial charge < -0.3 is 5.43 Å². The third kappa shape index (κ3) is 3.72. The van der Waals surface area contributed by atoms with E-state index in [0.717, 1.165) is 24.3 Å². The number of hydrogen-bond acceptors (Lipinski definition) is 4. The standard InChI is InChI=1S/C16H24ClN3O2/c1-5-19(6-2)18-13-8-7-12(14(17)9-13)10-20-15(21)16(3,4)11-22-20/h7-9,18H,5-6,10-11H2,1-4H3. The van der Waals surface area contributed by atoms with Crippen molar-refractivity contribution in [1.29, 1.82) is 0 Å². The molecule has 0 aromatic heterocycles. The van der Waals surface area contributed by atoms with Crippen LogP contribution < -0.4 is 5.43 Å². The van der Waals surface area contributed by atoms with E-state index in [2.05, 4.69) is 24.3 Å². The predicted molar refractivity (Wildman–Crippen MR) is 88.3 cm³/mol. The van der Waals surface area contributed by atoms with Crippen molar-refractivity contribution in [1.82, 2.24) is 10.1 Å². The molecule has 1 heterocycles. The Bertz CT molecular complexity index is 544. The second-order valence-corrected chi connectivity index (χ2v) is 6.50. The van der Waals surface area contributed by atoms with Crippen LogP contribution in [0, 0.1) is 5.41 Å². The minimum atomic E-state index is -0.462. The van der Waals surface area contributed by atoms with E-state index in [1.807, 2.05) is 32.0 Å². The number of carbonyl (C=O) groups is 1. The smallest absolute Gasteiger partial charge is 0.254 e. The second-order valence-electron chi connectivity index (χ2n) is 6.09. The van der Waals surface area contributed by atoms with Crippen molar-refractivity contribution < 1.29 is 9.63 Å². The summed E-state index contributed by atoms with van der Waals surface area (Å²) in [5.41, 5.74) is 4.65. The molecule has 1 amide bonds. The lowest BCUT2D eigenvalue weighted by Gasteiger charge is -2.22. The van der Waals surface area contributed by atoms with Gasteiger partial charge in [-0.1, -0.05) is 31.5 Å². The lowest BCUT2D eigenvalue weighted by Crippen LogP contribution is -2.30. The van der Waals surface area contributed by atoms with Gasteiger partial charge in [-0.3, -0.25) is 9.63 Å². The van der Waals surface area contributed by atoms with Crippen LogP contribution in [-0.4, -0.2) is 35.7 Å². The normalized spacial score (nSPS) is 17.4. The molecular formula is C16H24ClN3O2. The predicted octanol–water partition coefficient (Wildman–Crippen LogP) is 3.31. The molecule has 6 heteroatoms. The molecular weight excluding hydrogens is 302 g/mol. The number of anilines is 1. The molecule has 0 saturated carbocycles. The lowest BCUT2D eigenvalue weighted by atomic mass is 9.95. The highest BCUT2D eigenvalue weighted by Crippen LogP contribution is 2.30. The van der Waals surface area contributed by atoms with Crippen LogP contribution in [0.4, 0.5) is 5.69 Å². The zero-order valence-corrected chi connectivity index (χ0v) is 14.4. The zero-order valence-electron chi connectivity index (χ0n) is 13.6. The number of benzene rings is 1. The van der Waals surface area contributed by atoms with Crippen molar-refractivity contribution in [2.24, 2.45) is 5.41 Å². The van der Waals surface area contributed by atoms with E-state index in [-0.39, 0.29) is 5.91 Å². The summed E-state index contributed by atoms with van der Waals surface area (Å²) in [7, 11) is 0. The lowest BCUT2D eigenvalue weighted by molar-refractivity contribution is -0.165. The van der Waals surface area contributed by atoms with Crippen LogP contribution in [0.25, 0.3) is 0 Å². The molecule has 1 aromatic rings. The summed E-state index contributed by atoms with van der Waals surface area (Å²) < 4.78 is 0. The van der Waals surface area contributed by atoms with E-state index in [4.69, 9.17) is 16.4 Å². The van der Waals surface area contributed by atoms with Crippen molar-refractivity contribution >= 4 is 23.2 Å². The quantitative estimate of drug-likeness (QED) is 0.815. The molecule has 1 aliphatic heterocycles. The monoisotopic (exact) mass is 325 g/mol. The summed E-state index contributed by atoms with van der Waals surface area (Å²) in [5.74, 6) is -0.00564. The highest BCUT2D eigenvalue weighted by atomic mass is 35.5. The van der Waals surface area contributed by atoms with E-state index >= 15 is 0 Å². The average molecular weight is 326 g/mol. The van der Waals surface area contributed by atoms with Crippen LogP contribution in [0.15, 0.2) is 18.2 Å². The van der Waals surface area contributed by atoms with Gasteiger partial charge in [0.2, 0.25) is 0 Å². The maximum absolute atomic E-state index is 12.2. The van der Waals surface area contributed by atoms with Crippen LogP contribution in [-0.2, 0) is 16.2 Å². The molecule has 0 radical (unpaired) electrons. The number of hydrogen-bond donors (Lipinski definition) is 1. The Hall–Kier alpha value is -1.30. The fourth-order valence-corrected chi connectivity index (χ4v) is 2.52. The van der Waals surface area contributed by atoms with Gasteiger partial charge in [-0.15, -0.1) is 0 Å². The SMILES string of the molecule is CCN(CC)Nc1ccc(CN2OCC(C)(C)C2=O)c(Cl)c1. The van der Waals surface area contributed by atoms with Gasteiger partial charge in [0.25, 0.3) is 5.91 Å². The molecule has 0 atom stereocenters. The molecule has 1 aromatic carbocycles. The Morgan fingerprint density at radius 2 is 2.05 bits per heavy atom. The fraction of sp³-hybridized carbons (Fsp3) is 0.562. The Morgan fingerprint density at radius 1 is 1.36 bits per heavy atom. The van der Waals surface area contributed by atoms with E-state index in [1.54, 1.807) is 0 Å². The second kappa shape index (κ2) is 6.86. The first-order valence-corrected chi connectivity index (χ1v) is 8.00. The summed E-state index contributed by atoms with van der Waals surface area (Å²) in [6.07, 6.45) is 0. The molecule has 0 bridgehead atoms. The van der Waals surface area contributed by atoms with Crippen molar-refractivity contribution in [3.05, 3.63) is 28.8 Å². The molecule has 5 nitrogen and oxygen atoms in total. The van der Waals surface area contributed by atoms with E-state index in [9.17, 15) is 4.79 Å². The van der Waals surface area contributed by atoms with E-state index in [1.165, 1.54) is 5.06 Å². The van der Waals surface area contributed by atoms with Gasteiger partial charge in [-0.25, -0.2) is 10.1 Å². The van der Waals surface area contributed by atoms with Crippen molar-refractivity contribution in [2.45, 2.75) is 34.2 Å². The minimum Gasteiger partial charge on any atom is -0.319 e. The summed E-state index contributed by atoms with van der Waals surface area (Å²) >= 11 is 6.34. The maximum atomic E-state index is 12.2. The Balaban J connectivity index is 2.06. The zero-order chi connectivity index (χ0) is 16.3. The topological polar surface area (TPSA) is 44.8 Å². The van der Waals surface area contributed by atoms with Gasteiger partial charge in [-0.05, 0) is 31.5 Å². The molecule has 0 spiro atoms. The van der Waals surface area contributed by atoms with E-state index in [0.29, 0.717) is 18.2 Å². The molecule has 122 valence electrons. The number of hydroxylamine groups is 2. The van der Waals surface area contributed by atoms with Crippen LogP contribution in [0.1, 0.15) is 33.3 Å². The highest BCUT2D eigenvalue weighted by Gasteiger charge is 2.40. The van der Waals surface area contributed by atoms with Crippen LogP contribution >= 0.6 is 11.6 Å². The Labute approximate surface area is 137 Å². The number of rotatable bonds is 6. The molecule has 1 fully saturated rings. The van der Waals surface area contributed by atoms with Gasteiger partial charge >= 0.3 is 0 Å². The van der Waals surface area contributed by atoms with Gasteiger partial charge in [0, 0.05) is 18.1 Å². The Morgan fingerprint density at radius 3 is 2.55 bits per heavy atom. The summed E-state index contributed by atoms with van der Waals surface area (Å²) in [5, 5.41) is 4.11. The number of nitrogens with zero attached hydrogens (tertiary/aromatic N) is 2. The molecule has 1 N–H and O–H groups in total. The molecule has 0 aliphatic carbocycles. The first-order valence-electron chi connectivity index (χ1n) is 7.62. The van der Waals surface area contributed by atoms with E-state index < -0.39 is 5.41 Å². The third-order valence-corrected chi connectivity index (χ3v) is 4.16. The third-order valence-electron chi connectivity index (χ3n) is 3.80. The molecule has 22 heavy (non-hydrogen) atoms. The fourth-order valence-electron chi connectivity index (χ4n) is 2.28. The van der Waals surface area contributed by atoms with Crippen LogP contribution in [0.3, 0.4) is 0 Å². The molecule has 0 unspecified atom stereocenters. The number of carbonyl (C=O) groups excluding carboxylic acids is 1. The molecule has 2 rings (SSSR count). The average Bonchev–Trinajstić information content (AvgIpc) is 2.74. The minimum absolute atomic E-state index is 0.00564. The number of amides is 1. The van der Waals surface area contributed by atoms with Gasteiger partial charge in [0.15, 0.2) is 0 Å². The van der Waals surface area contributed by atoms with Crippen LogP contribution in [0.2, 0.25) is 5.02 Å². The summed E-state index contributed by atoms with van der Waals surface area (Å²) in [4.78, 5) is 17.6. The van der Waals surface area contributed by atoms with Crippen molar-refractivity contribution in [2.75, 3.05) is 25.1 Å². The first-order chi connectivity index (χ1) is 10.4. The van der Waals surface area contributed by atoms with Gasteiger partial charge in [0.1, 0.15) is 0 Å². The molecule has 1 aliphatic rings. The number of halogens is 1. The largest absolute Gasteiger partial charge is 0.319 e. The number of hydrazine groups is 1. The highest BCUT2D eigenvalue weighted by molar-refractivity contribution is 6.31. The summed E-state index contributed by atoms with van der Waals surface area (Å²) in [6.45, 7) is 10.5. The van der Waals surface area contributed by atoms with Crippen LogP contribution in [0.5, 0.6) is 0 Å². The molecule has 1 saturated heterocycles. The number of nitrogens with one attached hydrogen (secondary N) is 1. The van der Waals surface area contributed by atoms with Gasteiger partial charge in [-0.2, -0.15) is 0 Å². The van der Waals surface area contributed by atoms with Crippen molar-refractivity contribution in [3.8, 4) is 0 Å². The summed E-state index contributed by atoms with van der Waals surface area (Å²) in [6, 6.07) is 5.77.